The molecule has 0 saturated heterocycles. The minimum absolute atomic E-state index is 0.162. The van der Waals surface area contributed by atoms with Gasteiger partial charge in [0.05, 0.1) is 12.1 Å². The van der Waals surface area contributed by atoms with Gasteiger partial charge in [-0.3, -0.25) is 0 Å². The van der Waals surface area contributed by atoms with E-state index in [1.807, 2.05) is 0 Å². The van der Waals surface area contributed by atoms with E-state index in [1.165, 1.54) is 0 Å². The molecule has 1 aromatic rings. The van der Waals surface area contributed by atoms with E-state index in [0.29, 0.717) is 0 Å². The molecule has 0 fully saturated rings. The minimum atomic E-state index is -4.63. The normalized spacial score (nSPS) is 11.9. The Morgan fingerprint density at radius 2 is 2.00 bits per heavy atom. The summed E-state index contributed by atoms with van der Waals surface area (Å²) in [6.07, 6.45) is -4.63. The average molecular weight is 253 g/mol. The SMILES string of the molecule is COC(=O)c1sc(C(C)C)nc1C(F)(F)F. The molecule has 0 unspecified atom stereocenters. The zero-order chi connectivity index (χ0) is 12.5. The van der Waals surface area contributed by atoms with Gasteiger partial charge in [-0.15, -0.1) is 11.3 Å². The molecule has 0 N–H and O–H groups in total. The van der Waals surface area contributed by atoms with Crippen molar-refractivity contribution in [3.05, 3.63) is 15.6 Å². The quantitative estimate of drug-likeness (QED) is 0.760. The van der Waals surface area contributed by atoms with Crippen LogP contribution in [0.3, 0.4) is 0 Å². The van der Waals surface area contributed by atoms with Gasteiger partial charge in [-0.1, -0.05) is 13.8 Å². The lowest BCUT2D eigenvalue weighted by Crippen LogP contribution is -2.12. The second-order valence-electron chi connectivity index (χ2n) is 3.37. The standard InChI is InChI=1S/C9H10F3NO2S/c1-4(2)7-13-6(9(10,11)12)5(16-7)8(14)15-3/h4H,1-3H3. The minimum Gasteiger partial charge on any atom is -0.465 e. The maximum Gasteiger partial charge on any atom is 0.435 e. The smallest absolute Gasteiger partial charge is 0.435 e. The van der Waals surface area contributed by atoms with Gasteiger partial charge < -0.3 is 4.74 Å². The molecule has 0 radical (unpaired) electrons. The van der Waals surface area contributed by atoms with Crippen molar-refractivity contribution in [2.24, 2.45) is 0 Å². The number of halogens is 3. The van der Waals surface area contributed by atoms with E-state index in [1.54, 1.807) is 13.8 Å². The second-order valence-corrected chi connectivity index (χ2v) is 4.40. The molecule has 90 valence electrons. The molecular weight excluding hydrogens is 243 g/mol. The lowest BCUT2D eigenvalue weighted by atomic mass is 10.2. The van der Waals surface area contributed by atoms with E-state index in [-0.39, 0.29) is 10.9 Å². The number of hydrogen-bond acceptors (Lipinski definition) is 4. The monoisotopic (exact) mass is 253 g/mol. The summed E-state index contributed by atoms with van der Waals surface area (Å²) < 4.78 is 42.0. The first-order valence-corrected chi connectivity index (χ1v) is 5.25. The molecule has 0 amide bonds. The van der Waals surface area contributed by atoms with Gasteiger partial charge in [0.2, 0.25) is 0 Å². The van der Waals surface area contributed by atoms with Gasteiger partial charge >= 0.3 is 12.1 Å². The van der Waals surface area contributed by atoms with Crippen molar-refractivity contribution in [2.75, 3.05) is 7.11 Å². The molecule has 0 aliphatic heterocycles. The summed E-state index contributed by atoms with van der Waals surface area (Å²) in [5.41, 5.74) is -1.16. The largest absolute Gasteiger partial charge is 0.465 e. The van der Waals surface area contributed by atoms with Crippen LogP contribution in [0.15, 0.2) is 0 Å². The molecule has 0 aliphatic carbocycles. The number of aromatic nitrogens is 1. The molecular formula is C9H10F3NO2S. The van der Waals surface area contributed by atoms with Crippen LogP contribution in [0.2, 0.25) is 0 Å². The van der Waals surface area contributed by atoms with Crippen molar-refractivity contribution in [1.82, 2.24) is 4.98 Å². The number of ether oxygens (including phenoxy) is 1. The van der Waals surface area contributed by atoms with E-state index >= 15 is 0 Å². The first-order valence-electron chi connectivity index (χ1n) is 4.43. The number of hydrogen-bond donors (Lipinski definition) is 0. The molecule has 1 rings (SSSR count). The highest BCUT2D eigenvalue weighted by molar-refractivity contribution is 7.13. The zero-order valence-electron chi connectivity index (χ0n) is 8.88. The van der Waals surface area contributed by atoms with Crippen molar-refractivity contribution in [3.63, 3.8) is 0 Å². The number of alkyl halides is 3. The van der Waals surface area contributed by atoms with E-state index in [2.05, 4.69) is 9.72 Å². The predicted octanol–water partition coefficient (Wildman–Crippen LogP) is 3.07. The molecule has 0 atom stereocenters. The molecule has 0 aromatic carbocycles. The second kappa shape index (κ2) is 4.40. The summed E-state index contributed by atoms with van der Waals surface area (Å²) in [5.74, 6) is -1.17. The van der Waals surface area contributed by atoms with Gasteiger partial charge in [-0.05, 0) is 0 Å². The third-order valence-electron chi connectivity index (χ3n) is 1.78. The van der Waals surface area contributed by atoms with Crippen molar-refractivity contribution in [1.29, 1.82) is 0 Å². The van der Waals surface area contributed by atoms with Gasteiger partial charge in [-0.25, -0.2) is 9.78 Å². The summed E-state index contributed by atoms with van der Waals surface area (Å²) in [6, 6.07) is 0. The maximum absolute atomic E-state index is 12.6. The van der Waals surface area contributed by atoms with Gasteiger partial charge in [0.15, 0.2) is 5.69 Å². The van der Waals surface area contributed by atoms with Crippen LogP contribution >= 0.6 is 11.3 Å². The predicted molar refractivity (Wildman–Crippen MR) is 52.5 cm³/mol. The highest BCUT2D eigenvalue weighted by Gasteiger charge is 2.40. The van der Waals surface area contributed by atoms with Crippen LogP contribution in [-0.4, -0.2) is 18.1 Å². The lowest BCUT2D eigenvalue weighted by molar-refractivity contribution is -0.141. The fourth-order valence-electron chi connectivity index (χ4n) is 1.01. The van der Waals surface area contributed by atoms with Crippen LogP contribution in [0, 0.1) is 0 Å². The first-order chi connectivity index (χ1) is 7.27. The third-order valence-corrected chi connectivity index (χ3v) is 3.11. The molecule has 16 heavy (non-hydrogen) atoms. The number of carbonyl (C=O) groups excluding carboxylic acids is 1. The Hall–Kier alpha value is -1.11. The van der Waals surface area contributed by atoms with Crippen LogP contribution in [0.25, 0.3) is 0 Å². The van der Waals surface area contributed by atoms with Crippen LogP contribution in [-0.2, 0) is 10.9 Å². The van der Waals surface area contributed by atoms with Gasteiger partial charge in [-0.2, -0.15) is 13.2 Å². The van der Waals surface area contributed by atoms with E-state index in [0.717, 1.165) is 18.4 Å². The first kappa shape index (κ1) is 13.0. The summed E-state index contributed by atoms with van der Waals surface area (Å²) in [6.45, 7) is 3.42. The van der Waals surface area contributed by atoms with Gasteiger partial charge in [0, 0.05) is 5.92 Å². The molecule has 3 nitrogen and oxygen atoms in total. The molecule has 1 aromatic heterocycles. The Bertz CT molecular complexity index is 398. The Morgan fingerprint density at radius 3 is 2.38 bits per heavy atom. The fraction of sp³-hybridized carbons (Fsp3) is 0.556. The Balaban J connectivity index is 3.29. The van der Waals surface area contributed by atoms with Crippen molar-refractivity contribution < 1.29 is 22.7 Å². The van der Waals surface area contributed by atoms with E-state index in [9.17, 15) is 18.0 Å². The van der Waals surface area contributed by atoms with Crippen molar-refractivity contribution in [2.45, 2.75) is 25.9 Å². The lowest BCUT2D eigenvalue weighted by Gasteiger charge is -2.04. The van der Waals surface area contributed by atoms with E-state index in [4.69, 9.17) is 0 Å². The fourth-order valence-corrected chi connectivity index (χ4v) is 2.01. The highest BCUT2D eigenvalue weighted by atomic mass is 32.1. The topological polar surface area (TPSA) is 39.2 Å². The number of thiazole rings is 1. The molecule has 0 aliphatic rings. The summed E-state index contributed by atoms with van der Waals surface area (Å²) in [4.78, 5) is 14.1. The number of rotatable bonds is 2. The Labute approximate surface area is 94.3 Å². The maximum atomic E-state index is 12.6. The molecule has 1 heterocycles. The van der Waals surface area contributed by atoms with Gasteiger partial charge in [0.1, 0.15) is 4.88 Å². The molecule has 0 bridgehead atoms. The zero-order valence-corrected chi connectivity index (χ0v) is 9.70. The summed E-state index contributed by atoms with van der Waals surface area (Å²) in [7, 11) is 1.04. The Kier molecular flexibility index (Phi) is 3.57. The average Bonchev–Trinajstić information content (AvgIpc) is 2.60. The number of nitrogens with zero attached hydrogens (tertiary/aromatic N) is 1. The van der Waals surface area contributed by atoms with Crippen LogP contribution < -0.4 is 0 Å². The van der Waals surface area contributed by atoms with Gasteiger partial charge in [0.25, 0.3) is 0 Å². The number of esters is 1. The van der Waals surface area contributed by atoms with Crippen LogP contribution in [0.1, 0.15) is 40.1 Å². The number of carbonyl (C=O) groups is 1. The molecule has 7 heteroatoms. The summed E-state index contributed by atoms with van der Waals surface area (Å²) in [5, 5.41) is 0.271. The van der Waals surface area contributed by atoms with Crippen molar-refractivity contribution >= 4 is 17.3 Å². The van der Waals surface area contributed by atoms with Crippen molar-refractivity contribution in [3.8, 4) is 0 Å². The Morgan fingerprint density at radius 1 is 1.44 bits per heavy atom. The molecule has 0 saturated carbocycles. The third kappa shape index (κ3) is 2.52. The summed E-state index contributed by atoms with van der Waals surface area (Å²) >= 11 is 0.722. The van der Waals surface area contributed by atoms with Crippen LogP contribution in [0.4, 0.5) is 13.2 Å². The number of methoxy groups -OCH3 is 1. The van der Waals surface area contributed by atoms with Crippen LogP contribution in [0.5, 0.6) is 0 Å². The van der Waals surface area contributed by atoms with E-state index < -0.39 is 22.7 Å². The molecule has 0 spiro atoms. The highest BCUT2D eigenvalue weighted by Crippen LogP contribution is 2.36.